The van der Waals surface area contributed by atoms with E-state index in [0.717, 1.165) is 5.69 Å². The predicted molar refractivity (Wildman–Crippen MR) is 64.3 cm³/mol. The van der Waals surface area contributed by atoms with Crippen LogP contribution in [0.1, 0.15) is 16.1 Å². The highest BCUT2D eigenvalue weighted by Gasteiger charge is 2.15. The van der Waals surface area contributed by atoms with Crippen LogP contribution in [-0.2, 0) is 4.74 Å². The summed E-state index contributed by atoms with van der Waals surface area (Å²) in [5.74, 6) is -0.481. The fourth-order valence-electron chi connectivity index (χ4n) is 1.21. The van der Waals surface area contributed by atoms with Crippen LogP contribution in [0.3, 0.4) is 0 Å². The first-order valence-electron chi connectivity index (χ1n) is 5.06. The maximum atomic E-state index is 11.5. The van der Waals surface area contributed by atoms with Gasteiger partial charge in [-0.1, -0.05) is 0 Å². The van der Waals surface area contributed by atoms with Gasteiger partial charge in [0.2, 0.25) is 0 Å². The number of ether oxygens (including phenoxy) is 1. The molecular weight excluding hydrogens is 252 g/mol. The van der Waals surface area contributed by atoms with Crippen molar-refractivity contribution in [1.82, 2.24) is 19.9 Å². The summed E-state index contributed by atoms with van der Waals surface area (Å²) in [4.78, 5) is 27.7. The molecule has 0 bridgehead atoms. The molecule has 0 saturated heterocycles. The van der Waals surface area contributed by atoms with Crippen LogP contribution < -0.4 is 0 Å². The molecule has 0 saturated carbocycles. The molecule has 0 aromatic carbocycles. The Morgan fingerprint density at radius 1 is 1.39 bits per heavy atom. The molecule has 0 amide bonds. The molecule has 2 heterocycles. The van der Waals surface area contributed by atoms with Crippen LogP contribution in [-0.4, -0.2) is 33.0 Å². The number of hydrogen-bond acceptors (Lipinski definition) is 7. The van der Waals surface area contributed by atoms with E-state index in [2.05, 4.69) is 24.7 Å². The molecule has 2 aromatic heterocycles. The summed E-state index contributed by atoms with van der Waals surface area (Å²) >= 11 is 1.20. The summed E-state index contributed by atoms with van der Waals surface area (Å²) in [6, 6.07) is 1.80. The second kappa shape index (κ2) is 5.54. The van der Waals surface area contributed by atoms with Crippen molar-refractivity contribution in [3.63, 3.8) is 0 Å². The molecule has 0 atom stereocenters. The third kappa shape index (κ3) is 2.80. The molecule has 92 valence electrons. The second-order valence-corrected chi connectivity index (χ2v) is 4.27. The van der Waals surface area contributed by atoms with E-state index in [0.29, 0.717) is 15.7 Å². The van der Waals surface area contributed by atoms with E-state index in [1.165, 1.54) is 31.4 Å². The summed E-state index contributed by atoms with van der Waals surface area (Å²) in [5, 5.41) is 1.00. The van der Waals surface area contributed by atoms with Gasteiger partial charge in [0.1, 0.15) is 16.9 Å². The topological polar surface area (TPSA) is 77.9 Å². The van der Waals surface area contributed by atoms with Gasteiger partial charge in [0.25, 0.3) is 0 Å². The smallest absolute Gasteiger partial charge is 0.342 e. The van der Waals surface area contributed by atoms with Crippen molar-refractivity contribution in [3.8, 4) is 0 Å². The van der Waals surface area contributed by atoms with Crippen molar-refractivity contribution in [1.29, 1.82) is 0 Å². The molecular formula is C11H10N4O2S. The zero-order valence-corrected chi connectivity index (χ0v) is 10.6. The number of carbonyl (C=O) groups excluding carboxylic acids is 1. The first kappa shape index (κ1) is 12.4. The molecule has 2 rings (SSSR count). The van der Waals surface area contributed by atoms with Crippen molar-refractivity contribution < 1.29 is 9.53 Å². The zero-order chi connectivity index (χ0) is 13.0. The van der Waals surface area contributed by atoms with E-state index in [4.69, 9.17) is 0 Å². The standard InChI is InChI=1S/C11H10N4O2S/c1-7-3-4-13-11(15-7)18-9-8(10(16)17-2)5-12-6-14-9/h3-6H,1-2H3. The lowest BCUT2D eigenvalue weighted by Gasteiger charge is -2.04. The molecule has 0 radical (unpaired) electrons. The Balaban J connectivity index is 2.32. The summed E-state index contributed by atoms with van der Waals surface area (Å²) in [5.41, 5.74) is 1.15. The lowest BCUT2D eigenvalue weighted by atomic mass is 10.3. The molecule has 0 N–H and O–H groups in total. The molecule has 0 fully saturated rings. The molecule has 0 aliphatic rings. The Hall–Kier alpha value is -2.02. The highest BCUT2D eigenvalue weighted by Crippen LogP contribution is 2.25. The zero-order valence-electron chi connectivity index (χ0n) is 9.82. The maximum Gasteiger partial charge on any atom is 0.342 e. The van der Waals surface area contributed by atoms with Gasteiger partial charge < -0.3 is 4.74 Å². The van der Waals surface area contributed by atoms with Crippen LogP contribution in [0.2, 0.25) is 0 Å². The molecule has 18 heavy (non-hydrogen) atoms. The van der Waals surface area contributed by atoms with Gasteiger partial charge >= 0.3 is 5.97 Å². The first-order valence-corrected chi connectivity index (χ1v) is 5.88. The number of nitrogens with zero attached hydrogens (tertiary/aromatic N) is 4. The number of hydrogen-bond donors (Lipinski definition) is 0. The van der Waals surface area contributed by atoms with Gasteiger partial charge in [-0.15, -0.1) is 0 Å². The van der Waals surface area contributed by atoms with Crippen LogP contribution in [0.4, 0.5) is 0 Å². The van der Waals surface area contributed by atoms with Crippen molar-refractivity contribution >= 4 is 17.7 Å². The summed E-state index contributed by atoms with van der Waals surface area (Å²) < 4.78 is 4.67. The van der Waals surface area contributed by atoms with Crippen molar-refractivity contribution in [2.75, 3.05) is 7.11 Å². The van der Waals surface area contributed by atoms with Gasteiger partial charge in [-0.25, -0.2) is 24.7 Å². The Kier molecular flexibility index (Phi) is 3.83. The number of esters is 1. The minimum atomic E-state index is -0.481. The van der Waals surface area contributed by atoms with Crippen LogP contribution in [0, 0.1) is 6.92 Å². The summed E-state index contributed by atoms with van der Waals surface area (Å²) in [6.45, 7) is 1.87. The molecule has 7 heteroatoms. The third-order valence-corrected chi connectivity index (χ3v) is 2.94. The lowest BCUT2D eigenvalue weighted by molar-refractivity contribution is 0.0595. The van der Waals surface area contributed by atoms with Crippen molar-refractivity contribution in [2.24, 2.45) is 0 Å². The monoisotopic (exact) mass is 262 g/mol. The minimum absolute atomic E-state index is 0.301. The number of carbonyl (C=O) groups is 1. The number of aryl methyl sites for hydroxylation is 1. The van der Waals surface area contributed by atoms with E-state index in [-0.39, 0.29) is 0 Å². The second-order valence-electron chi connectivity index (χ2n) is 3.32. The molecule has 2 aromatic rings. The van der Waals surface area contributed by atoms with Gasteiger partial charge in [-0.05, 0) is 24.8 Å². The SMILES string of the molecule is COC(=O)c1cncnc1Sc1nccc(C)n1. The molecule has 0 spiro atoms. The number of aromatic nitrogens is 4. The van der Waals surface area contributed by atoms with Crippen LogP contribution in [0.25, 0.3) is 0 Å². The Morgan fingerprint density at radius 3 is 2.94 bits per heavy atom. The van der Waals surface area contributed by atoms with Crippen molar-refractivity contribution in [3.05, 3.63) is 36.0 Å². The van der Waals surface area contributed by atoms with Gasteiger partial charge in [-0.2, -0.15) is 0 Å². The highest BCUT2D eigenvalue weighted by atomic mass is 32.2. The van der Waals surface area contributed by atoms with Crippen molar-refractivity contribution in [2.45, 2.75) is 17.1 Å². The quantitative estimate of drug-likeness (QED) is 0.471. The Morgan fingerprint density at radius 2 is 2.22 bits per heavy atom. The van der Waals surface area contributed by atoms with Crippen LogP contribution in [0.15, 0.2) is 35.0 Å². The molecule has 6 nitrogen and oxygen atoms in total. The average molecular weight is 262 g/mol. The van der Waals surface area contributed by atoms with E-state index in [9.17, 15) is 4.79 Å². The fourth-order valence-corrected chi connectivity index (χ4v) is 2.03. The van der Waals surface area contributed by atoms with Gasteiger partial charge in [0.05, 0.1) is 7.11 Å². The van der Waals surface area contributed by atoms with E-state index >= 15 is 0 Å². The number of methoxy groups -OCH3 is 1. The maximum absolute atomic E-state index is 11.5. The van der Waals surface area contributed by atoms with E-state index in [1.54, 1.807) is 12.3 Å². The van der Waals surface area contributed by atoms with Gasteiger partial charge in [-0.3, -0.25) is 0 Å². The largest absolute Gasteiger partial charge is 0.465 e. The van der Waals surface area contributed by atoms with Gasteiger partial charge in [0, 0.05) is 18.1 Å². The highest BCUT2D eigenvalue weighted by molar-refractivity contribution is 7.99. The minimum Gasteiger partial charge on any atom is -0.465 e. The molecule has 0 aliphatic heterocycles. The normalized spacial score (nSPS) is 10.1. The predicted octanol–water partition coefficient (Wildman–Crippen LogP) is 1.51. The summed E-state index contributed by atoms with van der Waals surface area (Å²) in [6.07, 6.45) is 4.44. The van der Waals surface area contributed by atoms with E-state index < -0.39 is 5.97 Å². The molecule has 0 unspecified atom stereocenters. The fraction of sp³-hybridized carbons (Fsp3) is 0.182. The Labute approximate surface area is 108 Å². The Bertz CT molecular complexity index is 576. The average Bonchev–Trinajstić information content (AvgIpc) is 2.38. The number of rotatable bonds is 3. The molecule has 0 aliphatic carbocycles. The lowest BCUT2D eigenvalue weighted by Crippen LogP contribution is -2.05. The van der Waals surface area contributed by atoms with Crippen LogP contribution >= 0.6 is 11.8 Å². The first-order chi connectivity index (χ1) is 8.70. The van der Waals surface area contributed by atoms with Crippen LogP contribution in [0.5, 0.6) is 0 Å². The summed E-state index contributed by atoms with van der Waals surface area (Å²) in [7, 11) is 1.31. The third-order valence-electron chi connectivity index (χ3n) is 2.04. The van der Waals surface area contributed by atoms with E-state index in [1.807, 2.05) is 6.92 Å². The van der Waals surface area contributed by atoms with Gasteiger partial charge in [0.15, 0.2) is 5.16 Å².